The summed E-state index contributed by atoms with van der Waals surface area (Å²) in [4.78, 5) is 22.2. The van der Waals surface area contributed by atoms with Crippen molar-refractivity contribution in [3.63, 3.8) is 0 Å². The molecule has 7 heteroatoms. The van der Waals surface area contributed by atoms with Crippen LogP contribution < -0.4 is 10.6 Å². The number of aryl methyl sites for hydroxylation is 1. The number of carbonyl (C=O) groups is 1. The molecule has 0 bridgehead atoms. The summed E-state index contributed by atoms with van der Waals surface area (Å²) in [6.07, 6.45) is 0. The third-order valence-corrected chi connectivity index (χ3v) is 3.06. The van der Waals surface area contributed by atoms with Gasteiger partial charge in [0.1, 0.15) is 0 Å². The van der Waals surface area contributed by atoms with Crippen LogP contribution in [0.3, 0.4) is 0 Å². The number of amides is 1. The Labute approximate surface area is 132 Å². The summed E-state index contributed by atoms with van der Waals surface area (Å²) in [5, 5.41) is 16.0. The zero-order valence-electron chi connectivity index (χ0n) is 11.7. The second-order valence-electron chi connectivity index (χ2n) is 4.58. The molecular formula is C15H13N3O3S. The van der Waals surface area contributed by atoms with Gasteiger partial charge in [-0.3, -0.25) is 20.2 Å². The summed E-state index contributed by atoms with van der Waals surface area (Å²) in [6, 6.07) is 12.9. The van der Waals surface area contributed by atoms with E-state index in [4.69, 9.17) is 12.2 Å². The molecule has 22 heavy (non-hydrogen) atoms. The summed E-state index contributed by atoms with van der Waals surface area (Å²) in [6.45, 7) is 1.93. The van der Waals surface area contributed by atoms with Crippen LogP contribution in [-0.4, -0.2) is 15.9 Å². The molecule has 0 spiro atoms. The van der Waals surface area contributed by atoms with Gasteiger partial charge in [0, 0.05) is 23.4 Å². The van der Waals surface area contributed by atoms with Crippen LogP contribution in [-0.2, 0) is 0 Å². The van der Waals surface area contributed by atoms with Crippen LogP contribution >= 0.6 is 12.2 Å². The van der Waals surface area contributed by atoms with E-state index in [1.165, 1.54) is 18.2 Å². The molecule has 2 aromatic carbocycles. The average molecular weight is 315 g/mol. The van der Waals surface area contributed by atoms with Gasteiger partial charge in [-0.1, -0.05) is 23.8 Å². The lowest BCUT2D eigenvalue weighted by Crippen LogP contribution is -2.34. The fourth-order valence-corrected chi connectivity index (χ4v) is 1.95. The Kier molecular flexibility index (Phi) is 4.80. The van der Waals surface area contributed by atoms with Crippen molar-refractivity contribution in [2.75, 3.05) is 5.32 Å². The van der Waals surface area contributed by atoms with Gasteiger partial charge in [-0.2, -0.15) is 0 Å². The zero-order chi connectivity index (χ0) is 16.1. The molecule has 112 valence electrons. The van der Waals surface area contributed by atoms with Gasteiger partial charge in [-0.25, -0.2) is 0 Å². The van der Waals surface area contributed by atoms with Crippen molar-refractivity contribution in [3.05, 3.63) is 69.8 Å². The van der Waals surface area contributed by atoms with Crippen LogP contribution in [0.5, 0.6) is 0 Å². The van der Waals surface area contributed by atoms with Crippen molar-refractivity contribution >= 4 is 34.6 Å². The van der Waals surface area contributed by atoms with Gasteiger partial charge in [0.25, 0.3) is 11.6 Å². The fourth-order valence-electron chi connectivity index (χ4n) is 1.74. The minimum Gasteiger partial charge on any atom is -0.332 e. The number of hydrogen-bond donors (Lipinski definition) is 2. The maximum Gasteiger partial charge on any atom is 0.271 e. The Bertz CT molecular complexity index is 729. The van der Waals surface area contributed by atoms with E-state index < -0.39 is 4.92 Å². The monoisotopic (exact) mass is 315 g/mol. The highest BCUT2D eigenvalue weighted by Crippen LogP contribution is 2.16. The van der Waals surface area contributed by atoms with E-state index in [1.54, 1.807) is 18.2 Å². The highest BCUT2D eigenvalue weighted by molar-refractivity contribution is 7.80. The summed E-state index contributed by atoms with van der Waals surface area (Å²) in [5.74, 6) is -0.345. The number of carbonyl (C=O) groups excluding carboxylic acids is 1. The lowest BCUT2D eigenvalue weighted by Gasteiger charge is -2.09. The van der Waals surface area contributed by atoms with Gasteiger partial charge in [-0.05, 0) is 37.3 Å². The molecule has 2 rings (SSSR count). The smallest absolute Gasteiger partial charge is 0.271 e. The predicted octanol–water partition coefficient (Wildman–Crippen LogP) is 3.03. The molecule has 0 aliphatic carbocycles. The summed E-state index contributed by atoms with van der Waals surface area (Å²) in [7, 11) is 0. The first-order valence-corrected chi connectivity index (χ1v) is 6.80. The van der Waals surface area contributed by atoms with Crippen molar-refractivity contribution in [3.8, 4) is 0 Å². The van der Waals surface area contributed by atoms with E-state index in [2.05, 4.69) is 10.6 Å². The molecule has 0 fully saturated rings. The summed E-state index contributed by atoms with van der Waals surface area (Å²) < 4.78 is 0. The van der Waals surface area contributed by atoms with Crippen LogP contribution in [0.15, 0.2) is 48.5 Å². The van der Waals surface area contributed by atoms with Crippen molar-refractivity contribution in [2.24, 2.45) is 0 Å². The first-order chi connectivity index (χ1) is 10.5. The van der Waals surface area contributed by atoms with E-state index in [0.717, 1.165) is 5.56 Å². The molecule has 0 radical (unpaired) electrons. The van der Waals surface area contributed by atoms with E-state index in [-0.39, 0.29) is 16.7 Å². The van der Waals surface area contributed by atoms with Crippen LogP contribution in [0, 0.1) is 17.0 Å². The first kappa shape index (κ1) is 15.6. The Hall–Kier alpha value is -2.80. The maximum atomic E-state index is 12.0. The van der Waals surface area contributed by atoms with Gasteiger partial charge in [-0.15, -0.1) is 0 Å². The fraction of sp³-hybridized carbons (Fsp3) is 0.0667. The second kappa shape index (κ2) is 6.77. The van der Waals surface area contributed by atoms with Crippen molar-refractivity contribution < 1.29 is 9.72 Å². The average Bonchev–Trinajstić information content (AvgIpc) is 2.47. The number of hydrogen-bond acceptors (Lipinski definition) is 4. The van der Waals surface area contributed by atoms with Crippen molar-refractivity contribution in [1.29, 1.82) is 0 Å². The Morgan fingerprint density at radius 1 is 1.18 bits per heavy atom. The summed E-state index contributed by atoms with van der Waals surface area (Å²) >= 11 is 5.03. The lowest BCUT2D eigenvalue weighted by molar-refractivity contribution is -0.384. The molecular weight excluding hydrogens is 302 g/mol. The van der Waals surface area contributed by atoms with E-state index >= 15 is 0 Å². The molecule has 0 aliphatic rings. The van der Waals surface area contributed by atoms with Crippen LogP contribution in [0.1, 0.15) is 15.9 Å². The number of nitrogens with one attached hydrogen (secondary N) is 2. The predicted molar refractivity (Wildman–Crippen MR) is 88.0 cm³/mol. The number of nitro groups is 1. The van der Waals surface area contributed by atoms with Gasteiger partial charge >= 0.3 is 0 Å². The second-order valence-corrected chi connectivity index (χ2v) is 4.99. The molecule has 0 saturated carbocycles. The molecule has 6 nitrogen and oxygen atoms in total. The molecule has 0 aliphatic heterocycles. The Morgan fingerprint density at radius 3 is 2.50 bits per heavy atom. The number of nitrogens with zero attached hydrogens (tertiary/aromatic N) is 1. The molecule has 0 atom stereocenters. The van der Waals surface area contributed by atoms with E-state index in [9.17, 15) is 14.9 Å². The first-order valence-electron chi connectivity index (χ1n) is 6.39. The number of nitro benzene ring substituents is 1. The molecule has 2 aromatic rings. The van der Waals surface area contributed by atoms with Gasteiger partial charge in [0.2, 0.25) is 0 Å². The molecule has 1 amide bonds. The number of thiocarbonyl (C=S) groups is 1. The third-order valence-electron chi connectivity index (χ3n) is 2.86. The van der Waals surface area contributed by atoms with Crippen LogP contribution in [0.2, 0.25) is 0 Å². The highest BCUT2D eigenvalue weighted by atomic mass is 32.1. The quantitative estimate of drug-likeness (QED) is 0.517. The van der Waals surface area contributed by atoms with Crippen LogP contribution in [0.4, 0.5) is 11.4 Å². The minimum absolute atomic E-state index is 0.0577. The van der Waals surface area contributed by atoms with Gasteiger partial charge < -0.3 is 5.32 Å². The minimum atomic E-state index is -0.501. The van der Waals surface area contributed by atoms with Crippen molar-refractivity contribution in [1.82, 2.24) is 5.32 Å². The standard InChI is InChI=1S/C15H13N3O3S/c1-10-5-7-11(8-6-10)14(19)17-15(22)16-12-3-2-4-13(9-12)18(20)21/h2-9H,1H3,(H2,16,17,19,22). The van der Waals surface area contributed by atoms with Crippen LogP contribution in [0.25, 0.3) is 0 Å². The molecule has 0 heterocycles. The van der Waals surface area contributed by atoms with Crippen molar-refractivity contribution in [2.45, 2.75) is 6.92 Å². The number of rotatable bonds is 3. The highest BCUT2D eigenvalue weighted by Gasteiger charge is 2.09. The van der Waals surface area contributed by atoms with E-state index in [0.29, 0.717) is 11.3 Å². The Morgan fingerprint density at radius 2 is 1.86 bits per heavy atom. The topological polar surface area (TPSA) is 84.3 Å². The van der Waals surface area contributed by atoms with E-state index in [1.807, 2.05) is 19.1 Å². The zero-order valence-corrected chi connectivity index (χ0v) is 12.5. The SMILES string of the molecule is Cc1ccc(C(=O)NC(=S)Nc2cccc([N+](=O)[O-])c2)cc1. The lowest BCUT2D eigenvalue weighted by atomic mass is 10.1. The van der Waals surface area contributed by atoms with Gasteiger partial charge in [0.15, 0.2) is 5.11 Å². The molecule has 0 unspecified atom stereocenters. The summed E-state index contributed by atoms with van der Waals surface area (Å²) in [5.41, 5.74) is 1.91. The normalized spacial score (nSPS) is 9.86. The molecule has 2 N–H and O–H groups in total. The molecule has 0 saturated heterocycles. The van der Waals surface area contributed by atoms with Gasteiger partial charge in [0.05, 0.1) is 4.92 Å². The molecule has 0 aromatic heterocycles. The number of non-ortho nitro benzene ring substituents is 1. The number of anilines is 1. The maximum absolute atomic E-state index is 12.0. The third kappa shape index (κ3) is 4.10. The largest absolute Gasteiger partial charge is 0.332 e. The Balaban J connectivity index is 2.01. The number of benzene rings is 2.